The number of likely N-dealkylation sites (tertiary alicyclic amines) is 1. The molecule has 0 aliphatic carbocycles. The lowest BCUT2D eigenvalue weighted by Crippen LogP contribution is -2.54. The Balaban J connectivity index is 1.45. The summed E-state index contributed by atoms with van der Waals surface area (Å²) in [5.74, 6) is 0.930. The number of hydrogen-bond donors (Lipinski definition) is 2. The van der Waals surface area contributed by atoms with Crippen molar-refractivity contribution in [2.24, 2.45) is 11.3 Å². The Morgan fingerprint density at radius 1 is 1.24 bits per heavy atom. The molecule has 0 saturated carbocycles. The Morgan fingerprint density at radius 3 is 2.53 bits per heavy atom. The first-order chi connectivity index (χ1) is 15.8. The maximum atomic E-state index is 12.9. The van der Waals surface area contributed by atoms with Gasteiger partial charge in [-0.15, -0.1) is 11.8 Å². The summed E-state index contributed by atoms with van der Waals surface area (Å²) in [6, 6.07) is 4.61. The summed E-state index contributed by atoms with van der Waals surface area (Å²) in [4.78, 5) is 27.1. The van der Waals surface area contributed by atoms with E-state index in [4.69, 9.17) is 0 Å². The summed E-state index contributed by atoms with van der Waals surface area (Å²) in [5.41, 5.74) is -0.106. The number of thioether (sulfide) groups is 1. The summed E-state index contributed by atoms with van der Waals surface area (Å²) >= 11 is 1.71. The van der Waals surface area contributed by atoms with Crippen LogP contribution in [0.2, 0.25) is 0 Å². The highest BCUT2D eigenvalue weighted by Crippen LogP contribution is 2.39. The van der Waals surface area contributed by atoms with Gasteiger partial charge in [-0.1, -0.05) is 39.8 Å². The molecule has 1 aromatic rings. The fourth-order valence-electron chi connectivity index (χ4n) is 4.91. The first kappa shape index (κ1) is 26.9. The number of carbonyl (C=O) groups is 2. The van der Waals surface area contributed by atoms with Crippen LogP contribution in [-0.4, -0.2) is 46.5 Å². The van der Waals surface area contributed by atoms with E-state index in [1.165, 1.54) is 6.07 Å². The van der Waals surface area contributed by atoms with Crippen molar-refractivity contribution in [1.29, 1.82) is 0 Å². The normalized spacial score (nSPS) is 21.5. The molecular formula is C25H36F3N3O2S. The zero-order valence-corrected chi connectivity index (χ0v) is 21.2. The number of nitrogens with zero attached hydrogens (tertiary/aromatic N) is 1. The zero-order valence-electron chi connectivity index (χ0n) is 20.4. The summed E-state index contributed by atoms with van der Waals surface area (Å²) in [5, 5.41) is 6.20. The molecule has 34 heavy (non-hydrogen) atoms. The maximum Gasteiger partial charge on any atom is 0.416 e. The van der Waals surface area contributed by atoms with Gasteiger partial charge in [0.25, 0.3) is 0 Å². The third-order valence-electron chi connectivity index (χ3n) is 6.41. The molecule has 2 unspecified atom stereocenters. The summed E-state index contributed by atoms with van der Waals surface area (Å²) in [6.07, 6.45) is -1.30. The number of halogens is 3. The van der Waals surface area contributed by atoms with Crippen LogP contribution in [0.15, 0.2) is 24.3 Å². The fraction of sp³-hybridized carbons (Fsp3) is 0.680. The van der Waals surface area contributed by atoms with Crippen LogP contribution in [0.25, 0.3) is 0 Å². The molecular weight excluding hydrogens is 463 g/mol. The highest BCUT2D eigenvalue weighted by Gasteiger charge is 2.44. The van der Waals surface area contributed by atoms with Crippen LogP contribution in [0.3, 0.4) is 0 Å². The van der Waals surface area contributed by atoms with Crippen molar-refractivity contribution in [3.05, 3.63) is 35.4 Å². The highest BCUT2D eigenvalue weighted by molar-refractivity contribution is 8.01. The van der Waals surface area contributed by atoms with Crippen molar-refractivity contribution >= 4 is 23.6 Å². The number of carbonyl (C=O) groups excluding carboxylic acids is 2. The number of nitrogens with one attached hydrogen (secondary N) is 2. The molecule has 2 N–H and O–H groups in total. The molecule has 1 aromatic carbocycles. The third-order valence-corrected chi connectivity index (χ3v) is 7.99. The van der Waals surface area contributed by atoms with E-state index in [9.17, 15) is 22.8 Å². The number of hydrogen-bond acceptors (Lipinski definition) is 4. The maximum absolute atomic E-state index is 12.9. The van der Waals surface area contributed by atoms with E-state index in [0.29, 0.717) is 36.7 Å². The first-order valence-electron chi connectivity index (χ1n) is 11.9. The molecule has 2 aliphatic rings. The molecule has 0 radical (unpaired) electrons. The first-order valence-corrected chi connectivity index (χ1v) is 12.9. The molecule has 5 nitrogen and oxygen atoms in total. The van der Waals surface area contributed by atoms with E-state index >= 15 is 0 Å². The molecule has 3 rings (SSSR count). The number of amides is 2. The molecule has 9 heteroatoms. The molecule has 190 valence electrons. The van der Waals surface area contributed by atoms with Gasteiger partial charge in [-0.3, -0.25) is 14.9 Å². The van der Waals surface area contributed by atoms with Crippen LogP contribution in [0.4, 0.5) is 13.2 Å². The summed E-state index contributed by atoms with van der Waals surface area (Å²) in [7, 11) is 0. The molecule has 2 heterocycles. The molecule has 0 aromatic heterocycles. The van der Waals surface area contributed by atoms with E-state index in [-0.39, 0.29) is 28.6 Å². The zero-order chi connectivity index (χ0) is 25.1. The SMILES string of the molecule is CC(CC(=O)N1CCC2(CC1)NC(C(=O)NCc1cccc(C(F)(F)F)c1)CS2)CC(C)(C)C. The van der Waals surface area contributed by atoms with Crippen LogP contribution in [0.1, 0.15) is 64.5 Å². The van der Waals surface area contributed by atoms with Gasteiger partial charge in [-0.25, -0.2) is 0 Å². The predicted molar refractivity (Wildman–Crippen MR) is 129 cm³/mol. The van der Waals surface area contributed by atoms with Gasteiger partial charge in [0.15, 0.2) is 0 Å². The quantitative estimate of drug-likeness (QED) is 0.590. The molecule has 2 atom stereocenters. The minimum atomic E-state index is -4.41. The number of benzene rings is 1. The number of alkyl halides is 3. The Morgan fingerprint density at radius 2 is 1.91 bits per heavy atom. The lowest BCUT2D eigenvalue weighted by atomic mass is 9.84. The van der Waals surface area contributed by atoms with E-state index in [0.717, 1.165) is 31.4 Å². The van der Waals surface area contributed by atoms with Gasteiger partial charge in [-0.05, 0) is 48.3 Å². The van der Waals surface area contributed by atoms with Crippen molar-refractivity contribution in [1.82, 2.24) is 15.5 Å². The lowest BCUT2D eigenvalue weighted by Gasteiger charge is -2.39. The van der Waals surface area contributed by atoms with Crippen molar-refractivity contribution < 1.29 is 22.8 Å². The van der Waals surface area contributed by atoms with Gasteiger partial charge in [0.2, 0.25) is 11.8 Å². The van der Waals surface area contributed by atoms with E-state index in [1.807, 2.05) is 4.90 Å². The smallest absolute Gasteiger partial charge is 0.351 e. The molecule has 2 amide bonds. The van der Waals surface area contributed by atoms with Crippen molar-refractivity contribution in [3.63, 3.8) is 0 Å². The minimum absolute atomic E-state index is 0.0492. The second-order valence-electron chi connectivity index (χ2n) is 10.9. The van der Waals surface area contributed by atoms with Crippen LogP contribution in [-0.2, 0) is 22.3 Å². The summed E-state index contributed by atoms with van der Waals surface area (Å²) in [6.45, 7) is 10.1. The topological polar surface area (TPSA) is 61.4 Å². The number of piperidine rings is 1. The predicted octanol–water partition coefficient (Wildman–Crippen LogP) is 4.81. The minimum Gasteiger partial charge on any atom is -0.351 e. The standard InChI is InChI=1S/C25H36F3N3O2S/c1-17(14-23(2,3)4)12-21(32)31-10-8-24(9-11-31)30-20(16-34-24)22(33)29-15-18-6-5-7-19(13-18)25(26,27)28/h5-7,13,17,20,30H,8-12,14-16H2,1-4H3,(H,29,33). The second kappa shape index (κ2) is 10.5. The number of rotatable bonds is 6. The molecule has 2 fully saturated rings. The van der Waals surface area contributed by atoms with Crippen LogP contribution in [0.5, 0.6) is 0 Å². The van der Waals surface area contributed by atoms with Crippen molar-refractivity contribution in [3.8, 4) is 0 Å². The van der Waals surface area contributed by atoms with Crippen molar-refractivity contribution in [2.45, 2.75) is 77.0 Å². The van der Waals surface area contributed by atoms with E-state index < -0.39 is 17.8 Å². The monoisotopic (exact) mass is 499 g/mol. The van der Waals surface area contributed by atoms with Gasteiger partial charge in [0, 0.05) is 31.8 Å². The van der Waals surface area contributed by atoms with Gasteiger partial charge in [-0.2, -0.15) is 13.2 Å². The van der Waals surface area contributed by atoms with Crippen LogP contribution >= 0.6 is 11.8 Å². The van der Waals surface area contributed by atoms with Crippen molar-refractivity contribution in [2.75, 3.05) is 18.8 Å². The van der Waals surface area contributed by atoms with Gasteiger partial charge in [0.1, 0.15) is 0 Å². The highest BCUT2D eigenvalue weighted by atomic mass is 32.2. The molecule has 1 spiro atoms. The average Bonchev–Trinajstić information content (AvgIpc) is 3.14. The Hall–Kier alpha value is -1.74. The van der Waals surface area contributed by atoms with E-state index in [2.05, 4.69) is 38.3 Å². The molecule has 2 saturated heterocycles. The largest absolute Gasteiger partial charge is 0.416 e. The lowest BCUT2D eigenvalue weighted by molar-refractivity contribution is -0.137. The average molecular weight is 500 g/mol. The Kier molecular flexibility index (Phi) is 8.28. The summed E-state index contributed by atoms with van der Waals surface area (Å²) < 4.78 is 38.7. The third kappa shape index (κ3) is 7.38. The Labute approximate surface area is 204 Å². The Bertz CT molecular complexity index is 877. The van der Waals surface area contributed by atoms with E-state index in [1.54, 1.807) is 17.8 Å². The fourth-order valence-corrected chi connectivity index (χ4v) is 6.32. The second-order valence-corrected chi connectivity index (χ2v) is 12.3. The molecule has 2 aliphatic heterocycles. The van der Waals surface area contributed by atoms with Gasteiger partial charge < -0.3 is 10.2 Å². The van der Waals surface area contributed by atoms with Gasteiger partial charge in [0.05, 0.1) is 16.5 Å². The van der Waals surface area contributed by atoms with Gasteiger partial charge >= 0.3 is 6.18 Å². The van der Waals surface area contributed by atoms with Crippen LogP contribution in [0, 0.1) is 11.3 Å². The molecule has 0 bridgehead atoms. The van der Waals surface area contributed by atoms with Crippen LogP contribution < -0.4 is 10.6 Å².